The minimum absolute atomic E-state index is 0.755. The molecule has 1 rings (SSSR count). The summed E-state index contributed by atoms with van der Waals surface area (Å²) in [5.41, 5.74) is 1.29. The van der Waals surface area contributed by atoms with Gasteiger partial charge in [-0.25, -0.2) is 0 Å². The highest BCUT2D eigenvalue weighted by atomic mass is 13.8. The van der Waals surface area contributed by atoms with Crippen LogP contribution in [0.15, 0.2) is 36.4 Å². The summed E-state index contributed by atoms with van der Waals surface area (Å²) in [6.45, 7) is 5.22. The molecule has 0 aliphatic heterocycles. The van der Waals surface area contributed by atoms with Crippen molar-refractivity contribution in [3.63, 3.8) is 0 Å². The van der Waals surface area contributed by atoms with E-state index in [9.17, 15) is 0 Å². The van der Waals surface area contributed by atoms with Gasteiger partial charge in [0.05, 0.1) is 0 Å². The highest BCUT2D eigenvalue weighted by Gasteiger charge is 1.92. The summed E-state index contributed by atoms with van der Waals surface area (Å²) in [7, 11) is 0. The van der Waals surface area contributed by atoms with E-state index in [1.807, 2.05) is 6.07 Å². The molecule has 0 bridgehead atoms. The second-order valence-corrected chi connectivity index (χ2v) is 3.44. The average molecular weight is 158 g/mol. The summed E-state index contributed by atoms with van der Waals surface area (Å²) >= 11 is 0. The maximum atomic E-state index is 2.24. The first kappa shape index (κ1) is 9.12. The van der Waals surface area contributed by atoms with Crippen LogP contribution in [-0.2, 0) is 0 Å². The fourth-order valence-corrected chi connectivity index (χ4v) is 1.04. The van der Waals surface area contributed by atoms with Gasteiger partial charge in [0.15, 0.2) is 0 Å². The van der Waals surface area contributed by atoms with Crippen LogP contribution in [0.2, 0.25) is 20.0 Å². The monoisotopic (exact) mass is 158 g/mol. The summed E-state index contributed by atoms with van der Waals surface area (Å²) in [6, 6.07) is 10.4. The first-order valence-electron chi connectivity index (χ1n) is 4.50. The van der Waals surface area contributed by atoms with Crippen molar-refractivity contribution < 1.29 is 0 Å². The summed E-state index contributed by atoms with van der Waals surface area (Å²) in [5.74, 6) is 0. The van der Waals surface area contributed by atoms with E-state index in [1.165, 1.54) is 5.56 Å². The maximum absolute atomic E-state index is 2.24. The number of benzene rings is 1. The average Bonchev–Trinajstić information content (AvgIpc) is 2.05. The van der Waals surface area contributed by atoms with Gasteiger partial charge >= 0.3 is 0 Å². The molecule has 1 aromatic rings. The maximum Gasteiger partial charge on any atom is 0.137 e. The van der Waals surface area contributed by atoms with Gasteiger partial charge in [0.2, 0.25) is 0 Å². The van der Waals surface area contributed by atoms with Crippen molar-refractivity contribution in [2.45, 2.75) is 20.0 Å². The SMILES string of the molecule is CB(C)CC=Cc1ccccc1. The van der Waals surface area contributed by atoms with E-state index in [1.54, 1.807) is 0 Å². The summed E-state index contributed by atoms with van der Waals surface area (Å²) in [5, 5.41) is 0. The zero-order chi connectivity index (χ0) is 8.81. The molecule has 12 heavy (non-hydrogen) atoms. The van der Waals surface area contributed by atoms with E-state index in [2.05, 4.69) is 50.1 Å². The van der Waals surface area contributed by atoms with Crippen LogP contribution < -0.4 is 0 Å². The molecule has 0 radical (unpaired) electrons. The van der Waals surface area contributed by atoms with Crippen LogP contribution in [0.3, 0.4) is 0 Å². The molecule has 0 aromatic heterocycles. The van der Waals surface area contributed by atoms with Gasteiger partial charge in [-0.05, 0) is 5.56 Å². The standard InChI is InChI=1S/C11H15B/c1-12(2)10-6-9-11-7-4-3-5-8-11/h3-9H,10H2,1-2H3. The molecule has 0 atom stereocenters. The Balaban J connectivity index is 2.47. The lowest BCUT2D eigenvalue weighted by molar-refractivity contribution is 1.60. The Hall–Kier alpha value is -0.975. The van der Waals surface area contributed by atoms with Gasteiger partial charge in [0, 0.05) is 0 Å². The fraction of sp³-hybridized carbons (Fsp3) is 0.273. The van der Waals surface area contributed by atoms with Crippen LogP contribution in [0.25, 0.3) is 6.08 Å². The largest absolute Gasteiger partial charge is 0.137 e. The van der Waals surface area contributed by atoms with Crippen LogP contribution in [0.1, 0.15) is 5.56 Å². The van der Waals surface area contributed by atoms with E-state index in [-0.39, 0.29) is 0 Å². The molecule has 0 heterocycles. The van der Waals surface area contributed by atoms with Crippen LogP contribution in [0.4, 0.5) is 0 Å². The van der Waals surface area contributed by atoms with Crippen molar-refractivity contribution >= 4 is 12.8 Å². The van der Waals surface area contributed by atoms with Crippen molar-refractivity contribution in [2.24, 2.45) is 0 Å². The second-order valence-electron chi connectivity index (χ2n) is 3.44. The number of allylic oxidation sites excluding steroid dienone is 1. The fourth-order valence-electron chi connectivity index (χ4n) is 1.04. The van der Waals surface area contributed by atoms with Crippen molar-refractivity contribution in [1.82, 2.24) is 0 Å². The van der Waals surface area contributed by atoms with Crippen molar-refractivity contribution in [3.05, 3.63) is 42.0 Å². The third kappa shape index (κ3) is 3.43. The first-order chi connectivity index (χ1) is 5.79. The molecule has 62 valence electrons. The predicted molar refractivity (Wildman–Crippen MR) is 57.8 cm³/mol. The Morgan fingerprint density at radius 3 is 2.42 bits per heavy atom. The molecule has 0 spiro atoms. The minimum atomic E-state index is 0.755. The Bertz CT molecular complexity index is 236. The molecule has 0 amide bonds. The smallest absolute Gasteiger partial charge is 0.0911 e. The third-order valence-corrected chi connectivity index (χ3v) is 1.72. The van der Waals surface area contributed by atoms with Gasteiger partial charge < -0.3 is 0 Å². The van der Waals surface area contributed by atoms with E-state index in [4.69, 9.17) is 0 Å². The molecule has 0 aliphatic rings. The first-order valence-corrected chi connectivity index (χ1v) is 4.50. The predicted octanol–water partition coefficient (Wildman–Crippen LogP) is 3.45. The molecule has 0 nitrogen and oxygen atoms in total. The molecular weight excluding hydrogens is 143 g/mol. The second kappa shape index (κ2) is 4.81. The third-order valence-electron chi connectivity index (χ3n) is 1.72. The van der Waals surface area contributed by atoms with Gasteiger partial charge in [0.1, 0.15) is 6.71 Å². The topological polar surface area (TPSA) is 0 Å². The summed E-state index contributed by atoms with van der Waals surface area (Å²) < 4.78 is 0. The van der Waals surface area contributed by atoms with Crippen molar-refractivity contribution in [1.29, 1.82) is 0 Å². The molecule has 1 aromatic carbocycles. The van der Waals surface area contributed by atoms with E-state index in [0.717, 1.165) is 13.0 Å². The lowest BCUT2D eigenvalue weighted by Gasteiger charge is -1.93. The molecule has 0 N–H and O–H groups in total. The summed E-state index contributed by atoms with van der Waals surface area (Å²) in [4.78, 5) is 0. The summed E-state index contributed by atoms with van der Waals surface area (Å²) in [6.07, 6.45) is 5.58. The number of hydrogen-bond donors (Lipinski definition) is 0. The van der Waals surface area contributed by atoms with E-state index in [0.29, 0.717) is 0 Å². The quantitative estimate of drug-likeness (QED) is 0.591. The van der Waals surface area contributed by atoms with Crippen LogP contribution in [0.5, 0.6) is 0 Å². The lowest BCUT2D eigenvalue weighted by Crippen LogP contribution is -1.94. The van der Waals surface area contributed by atoms with E-state index < -0.39 is 0 Å². The van der Waals surface area contributed by atoms with Crippen LogP contribution in [-0.4, -0.2) is 6.71 Å². The zero-order valence-corrected chi connectivity index (χ0v) is 7.83. The van der Waals surface area contributed by atoms with Crippen LogP contribution in [0, 0.1) is 0 Å². The van der Waals surface area contributed by atoms with Gasteiger partial charge in [-0.3, -0.25) is 0 Å². The number of rotatable bonds is 3. The Morgan fingerprint density at radius 1 is 1.17 bits per heavy atom. The normalized spacial score (nSPS) is 10.5. The zero-order valence-electron chi connectivity index (χ0n) is 7.83. The van der Waals surface area contributed by atoms with Gasteiger partial charge in [-0.1, -0.05) is 62.5 Å². The molecule has 0 saturated heterocycles. The Morgan fingerprint density at radius 2 is 1.83 bits per heavy atom. The van der Waals surface area contributed by atoms with Crippen molar-refractivity contribution in [3.8, 4) is 0 Å². The highest BCUT2D eigenvalue weighted by Crippen LogP contribution is 2.03. The molecular formula is C11H15B. The Kier molecular flexibility index (Phi) is 3.66. The molecule has 0 fully saturated rings. The Labute approximate surface area is 75.4 Å². The lowest BCUT2D eigenvalue weighted by atomic mass is 9.52. The minimum Gasteiger partial charge on any atom is -0.0911 e. The molecule has 0 saturated carbocycles. The molecule has 0 aliphatic carbocycles. The van der Waals surface area contributed by atoms with Gasteiger partial charge in [-0.2, -0.15) is 0 Å². The van der Waals surface area contributed by atoms with Crippen molar-refractivity contribution in [2.75, 3.05) is 0 Å². The molecule has 1 heteroatoms. The van der Waals surface area contributed by atoms with Gasteiger partial charge in [0.25, 0.3) is 0 Å². The van der Waals surface area contributed by atoms with Crippen LogP contribution >= 0.6 is 0 Å². The van der Waals surface area contributed by atoms with E-state index >= 15 is 0 Å². The molecule has 0 unspecified atom stereocenters. The highest BCUT2D eigenvalue weighted by molar-refractivity contribution is 6.56. The van der Waals surface area contributed by atoms with Gasteiger partial charge in [-0.15, -0.1) is 0 Å². The number of hydrogen-bond acceptors (Lipinski definition) is 0.